The van der Waals surface area contributed by atoms with E-state index in [0.29, 0.717) is 0 Å². The molecule has 3 N–H and O–H groups in total. The molecule has 0 aliphatic rings. The Kier molecular flexibility index (Phi) is 5.98. The molecule has 20 heavy (non-hydrogen) atoms. The average Bonchev–Trinajstić information content (AvgIpc) is 2.31. The average molecular weight is 309 g/mol. The van der Waals surface area contributed by atoms with Gasteiger partial charge in [-0.1, -0.05) is 11.6 Å². The van der Waals surface area contributed by atoms with Crippen molar-refractivity contribution in [2.45, 2.75) is 13.0 Å². The van der Waals surface area contributed by atoms with Crippen LogP contribution in [0.1, 0.15) is 6.42 Å². The number of hydrogen-bond acceptors (Lipinski definition) is 3. The minimum atomic E-state index is -3.07. The van der Waals surface area contributed by atoms with E-state index in [1.54, 1.807) is 0 Å². The first-order valence-corrected chi connectivity index (χ1v) is 5.77. The van der Waals surface area contributed by atoms with Gasteiger partial charge in [0.2, 0.25) is 0 Å². The van der Waals surface area contributed by atoms with Crippen LogP contribution in [0.25, 0.3) is 0 Å². The van der Waals surface area contributed by atoms with Gasteiger partial charge in [-0.25, -0.2) is 4.79 Å². The molecule has 0 radical (unpaired) electrons. The molecular formula is C11H11ClF2N2O4. The second-order valence-corrected chi connectivity index (χ2v) is 3.98. The summed E-state index contributed by atoms with van der Waals surface area (Å²) in [5.41, 5.74) is -0.0116. The van der Waals surface area contributed by atoms with Crippen LogP contribution in [0.3, 0.4) is 0 Å². The lowest BCUT2D eigenvalue weighted by Crippen LogP contribution is -2.30. The number of carbonyl (C=O) groups is 2. The van der Waals surface area contributed by atoms with E-state index >= 15 is 0 Å². The SMILES string of the molecule is O=C(O)CCNC(=O)Nc1ccc(Cl)cc1OC(F)F. The second kappa shape index (κ2) is 7.49. The molecule has 0 aromatic heterocycles. The maximum absolute atomic E-state index is 12.2. The Hall–Kier alpha value is -2.09. The van der Waals surface area contributed by atoms with E-state index in [-0.39, 0.29) is 29.4 Å². The number of carbonyl (C=O) groups excluding carboxylic acids is 1. The summed E-state index contributed by atoms with van der Waals surface area (Å²) in [5.74, 6) is -1.36. The molecule has 0 saturated carbocycles. The highest BCUT2D eigenvalue weighted by Crippen LogP contribution is 2.29. The van der Waals surface area contributed by atoms with Crippen molar-refractivity contribution in [2.24, 2.45) is 0 Å². The van der Waals surface area contributed by atoms with Crippen LogP contribution in [0.4, 0.5) is 19.3 Å². The van der Waals surface area contributed by atoms with Gasteiger partial charge in [0.05, 0.1) is 12.1 Å². The lowest BCUT2D eigenvalue weighted by molar-refractivity contribution is -0.136. The van der Waals surface area contributed by atoms with Crippen molar-refractivity contribution < 1.29 is 28.2 Å². The Morgan fingerprint density at radius 2 is 2.10 bits per heavy atom. The molecule has 0 spiro atoms. The van der Waals surface area contributed by atoms with E-state index in [2.05, 4.69) is 15.4 Å². The number of rotatable bonds is 6. The van der Waals surface area contributed by atoms with Crippen molar-refractivity contribution >= 4 is 29.3 Å². The third-order valence-electron chi connectivity index (χ3n) is 2.03. The second-order valence-electron chi connectivity index (χ2n) is 3.54. The minimum Gasteiger partial charge on any atom is -0.481 e. The monoisotopic (exact) mass is 308 g/mol. The van der Waals surface area contributed by atoms with Crippen LogP contribution in [0.15, 0.2) is 18.2 Å². The first-order valence-electron chi connectivity index (χ1n) is 5.39. The fraction of sp³-hybridized carbons (Fsp3) is 0.273. The number of halogens is 3. The summed E-state index contributed by atoms with van der Waals surface area (Å²) in [6, 6.07) is 3.05. The van der Waals surface area contributed by atoms with Gasteiger partial charge in [0.15, 0.2) is 5.75 Å². The normalized spacial score (nSPS) is 10.2. The van der Waals surface area contributed by atoms with Gasteiger partial charge < -0.3 is 20.5 Å². The summed E-state index contributed by atoms with van der Waals surface area (Å²) in [6.07, 6.45) is -0.256. The van der Waals surface area contributed by atoms with Crippen LogP contribution in [0.2, 0.25) is 5.02 Å². The highest BCUT2D eigenvalue weighted by Gasteiger charge is 2.12. The van der Waals surface area contributed by atoms with E-state index in [9.17, 15) is 18.4 Å². The third kappa shape index (κ3) is 5.70. The molecule has 6 nitrogen and oxygen atoms in total. The topological polar surface area (TPSA) is 87.7 Å². The maximum Gasteiger partial charge on any atom is 0.387 e. The summed E-state index contributed by atoms with van der Waals surface area (Å²) < 4.78 is 28.6. The van der Waals surface area contributed by atoms with Gasteiger partial charge in [0.1, 0.15) is 0 Å². The molecule has 110 valence electrons. The van der Waals surface area contributed by atoms with Crippen molar-refractivity contribution in [1.82, 2.24) is 5.32 Å². The molecule has 0 bridgehead atoms. The fourth-order valence-electron chi connectivity index (χ4n) is 1.24. The molecule has 0 unspecified atom stereocenters. The first kappa shape index (κ1) is 16.0. The number of hydrogen-bond donors (Lipinski definition) is 3. The molecule has 1 aromatic carbocycles. The number of nitrogens with one attached hydrogen (secondary N) is 2. The Bertz CT molecular complexity index is 499. The number of aliphatic carboxylic acids is 1. The summed E-state index contributed by atoms with van der Waals surface area (Å²) in [6.45, 7) is -3.16. The van der Waals surface area contributed by atoms with E-state index in [4.69, 9.17) is 16.7 Å². The number of alkyl halides is 2. The number of benzene rings is 1. The molecule has 1 rings (SSSR count). The molecule has 0 heterocycles. The van der Waals surface area contributed by atoms with E-state index in [1.165, 1.54) is 12.1 Å². The van der Waals surface area contributed by atoms with Crippen LogP contribution in [-0.2, 0) is 4.79 Å². The molecule has 0 aliphatic heterocycles. The number of carboxylic acid groups (broad SMARTS) is 1. The molecule has 1 aromatic rings. The molecule has 9 heteroatoms. The summed E-state index contributed by atoms with van der Waals surface area (Å²) in [7, 11) is 0. The van der Waals surface area contributed by atoms with Crippen molar-refractivity contribution in [3.05, 3.63) is 23.2 Å². The van der Waals surface area contributed by atoms with Crippen LogP contribution in [0.5, 0.6) is 5.75 Å². The Morgan fingerprint density at radius 3 is 2.70 bits per heavy atom. The number of urea groups is 1. The van der Waals surface area contributed by atoms with Crippen molar-refractivity contribution in [3.8, 4) is 5.75 Å². The van der Waals surface area contributed by atoms with Crippen molar-refractivity contribution in [3.63, 3.8) is 0 Å². The van der Waals surface area contributed by atoms with E-state index < -0.39 is 18.6 Å². The Labute approximate surface area is 117 Å². The summed E-state index contributed by atoms with van der Waals surface area (Å²) >= 11 is 5.64. The number of anilines is 1. The predicted octanol–water partition coefficient (Wildman–Crippen LogP) is 2.54. The summed E-state index contributed by atoms with van der Waals surface area (Å²) in [5, 5.41) is 13.1. The molecule has 0 saturated heterocycles. The van der Waals surface area contributed by atoms with Gasteiger partial charge in [-0.2, -0.15) is 8.78 Å². The fourth-order valence-corrected chi connectivity index (χ4v) is 1.40. The largest absolute Gasteiger partial charge is 0.481 e. The maximum atomic E-state index is 12.2. The van der Waals surface area contributed by atoms with Gasteiger partial charge in [-0.3, -0.25) is 4.79 Å². The zero-order valence-electron chi connectivity index (χ0n) is 10.0. The molecule has 0 fully saturated rings. The van der Waals surface area contributed by atoms with Crippen LogP contribution in [0, 0.1) is 0 Å². The first-order chi connectivity index (χ1) is 9.38. The minimum absolute atomic E-state index is 0.0116. The predicted molar refractivity (Wildman–Crippen MR) is 67.4 cm³/mol. The molecular weight excluding hydrogens is 298 g/mol. The highest BCUT2D eigenvalue weighted by molar-refractivity contribution is 6.30. The van der Waals surface area contributed by atoms with E-state index in [1.807, 2.05) is 0 Å². The van der Waals surface area contributed by atoms with Crippen LogP contribution in [-0.4, -0.2) is 30.3 Å². The standard InChI is InChI=1S/C11H11ClF2N2O4/c12-6-1-2-7(8(5-6)20-10(13)14)16-11(19)15-4-3-9(17)18/h1-2,5,10H,3-4H2,(H,17,18)(H2,15,16,19). The quantitative estimate of drug-likeness (QED) is 0.753. The van der Waals surface area contributed by atoms with Crippen LogP contribution < -0.4 is 15.4 Å². The zero-order chi connectivity index (χ0) is 15.1. The van der Waals surface area contributed by atoms with E-state index in [0.717, 1.165) is 6.07 Å². The third-order valence-corrected chi connectivity index (χ3v) is 2.27. The lowest BCUT2D eigenvalue weighted by Gasteiger charge is -2.12. The van der Waals surface area contributed by atoms with Gasteiger partial charge in [0.25, 0.3) is 0 Å². The van der Waals surface area contributed by atoms with Crippen molar-refractivity contribution in [1.29, 1.82) is 0 Å². The lowest BCUT2D eigenvalue weighted by atomic mass is 10.3. The van der Waals surface area contributed by atoms with Crippen LogP contribution >= 0.6 is 11.6 Å². The summed E-state index contributed by atoms with van der Waals surface area (Å²) in [4.78, 5) is 21.7. The molecule has 2 amide bonds. The van der Waals surface area contributed by atoms with Gasteiger partial charge >= 0.3 is 18.6 Å². The molecule has 0 aliphatic carbocycles. The van der Waals surface area contributed by atoms with Gasteiger partial charge in [0, 0.05) is 17.6 Å². The van der Waals surface area contributed by atoms with Gasteiger partial charge in [-0.15, -0.1) is 0 Å². The Morgan fingerprint density at radius 1 is 1.40 bits per heavy atom. The highest BCUT2D eigenvalue weighted by atomic mass is 35.5. The Balaban J connectivity index is 2.66. The zero-order valence-corrected chi connectivity index (χ0v) is 10.8. The van der Waals surface area contributed by atoms with Crippen molar-refractivity contribution in [2.75, 3.05) is 11.9 Å². The smallest absolute Gasteiger partial charge is 0.387 e. The van der Waals surface area contributed by atoms with Gasteiger partial charge in [-0.05, 0) is 12.1 Å². The molecule has 0 atom stereocenters. The number of ether oxygens (including phenoxy) is 1. The number of amides is 2. The number of carboxylic acids is 1.